The van der Waals surface area contributed by atoms with Crippen LogP contribution < -0.4 is 10.9 Å². The third kappa shape index (κ3) is 1.96. The second-order valence-electron chi connectivity index (χ2n) is 3.02. The van der Waals surface area contributed by atoms with Crippen LogP contribution >= 0.6 is 0 Å². The average Bonchev–Trinajstić information content (AvgIpc) is 2.66. The summed E-state index contributed by atoms with van der Waals surface area (Å²) < 4.78 is 0. The Labute approximate surface area is 84.6 Å². The van der Waals surface area contributed by atoms with Crippen molar-refractivity contribution in [3.05, 3.63) is 16.7 Å². The minimum atomic E-state index is -0.260. The molecule has 2 aromatic heterocycles. The molecule has 0 saturated carbocycles. The van der Waals surface area contributed by atoms with Crippen LogP contribution in [0.2, 0.25) is 0 Å². The number of fused-ring (bicyclic) bond motifs is 1. The molecule has 2 rings (SSSR count). The number of hydrogen-bond donors (Lipinski definition) is 4. The van der Waals surface area contributed by atoms with Crippen LogP contribution in [0.4, 0.5) is 5.95 Å². The van der Waals surface area contributed by atoms with E-state index in [0.717, 1.165) is 0 Å². The van der Waals surface area contributed by atoms with Gasteiger partial charge >= 0.3 is 0 Å². The summed E-state index contributed by atoms with van der Waals surface area (Å²) in [5, 5.41) is 11.5. The maximum Gasteiger partial charge on any atom is 0.278 e. The first-order valence-corrected chi connectivity index (χ1v) is 4.59. The maximum absolute atomic E-state index is 11.4. The van der Waals surface area contributed by atoms with Gasteiger partial charge in [0.05, 0.1) is 6.33 Å². The summed E-state index contributed by atoms with van der Waals surface area (Å²) in [4.78, 5) is 24.7. The molecule has 0 atom stereocenters. The van der Waals surface area contributed by atoms with Gasteiger partial charge in [0.1, 0.15) is 0 Å². The lowest BCUT2D eigenvalue weighted by Crippen LogP contribution is -2.14. The highest BCUT2D eigenvalue weighted by atomic mass is 16.3. The smallest absolute Gasteiger partial charge is 0.278 e. The Hall–Kier alpha value is -1.89. The molecule has 15 heavy (non-hydrogen) atoms. The van der Waals surface area contributed by atoms with Gasteiger partial charge in [0.25, 0.3) is 5.56 Å². The number of H-pyrrole nitrogens is 2. The predicted molar refractivity (Wildman–Crippen MR) is 54.7 cm³/mol. The lowest BCUT2D eigenvalue weighted by molar-refractivity contribution is 0.292. The van der Waals surface area contributed by atoms with Crippen molar-refractivity contribution in [1.82, 2.24) is 19.9 Å². The van der Waals surface area contributed by atoms with Crippen LogP contribution in [-0.4, -0.2) is 38.2 Å². The van der Waals surface area contributed by atoms with Gasteiger partial charge in [-0.15, -0.1) is 0 Å². The molecule has 2 aromatic rings. The Morgan fingerprint density at radius 1 is 1.53 bits per heavy atom. The highest BCUT2D eigenvalue weighted by Crippen LogP contribution is 2.02. The Balaban J connectivity index is 2.25. The Kier molecular flexibility index (Phi) is 2.64. The second kappa shape index (κ2) is 4.09. The molecule has 0 aliphatic rings. The third-order valence-corrected chi connectivity index (χ3v) is 1.92. The van der Waals surface area contributed by atoms with Crippen LogP contribution in [-0.2, 0) is 0 Å². The lowest BCUT2D eigenvalue weighted by atomic mass is 10.4. The predicted octanol–water partition coefficient (Wildman–Crippen LogP) is -0.560. The zero-order valence-electron chi connectivity index (χ0n) is 7.95. The summed E-state index contributed by atoms with van der Waals surface area (Å²) >= 11 is 0. The van der Waals surface area contributed by atoms with Crippen molar-refractivity contribution in [2.45, 2.75) is 6.42 Å². The molecule has 7 heteroatoms. The summed E-state index contributed by atoms with van der Waals surface area (Å²) in [7, 11) is 0. The fourth-order valence-corrected chi connectivity index (χ4v) is 1.21. The van der Waals surface area contributed by atoms with E-state index in [-0.39, 0.29) is 12.2 Å². The zero-order chi connectivity index (χ0) is 10.7. The Morgan fingerprint density at radius 2 is 2.40 bits per heavy atom. The van der Waals surface area contributed by atoms with E-state index < -0.39 is 0 Å². The van der Waals surface area contributed by atoms with Crippen LogP contribution in [0.1, 0.15) is 6.42 Å². The van der Waals surface area contributed by atoms with Crippen LogP contribution in [0, 0.1) is 0 Å². The van der Waals surface area contributed by atoms with Gasteiger partial charge in [-0.1, -0.05) is 0 Å². The molecule has 0 aliphatic heterocycles. The number of anilines is 1. The van der Waals surface area contributed by atoms with Gasteiger partial charge in [0.15, 0.2) is 11.2 Å². The fraction of sp³-hybridized carbons (Fsp3) is 0.375. The summed E-state index contributed by atoms with van der Waals surface area (Å²) in [6, 6.07) is 0. The van der Waals surface area contributed by atoms with Crippen molar-refractivity contribution in [3.63, 3.8) is 0 Å². The molecule has 0 spiro atoms. The van der Waals surface area contributed by atoms with Gasteiger partial charge in [0, 0.05) is 13.2 Å². The van der Waals surface area contributed by atoms with Crippen molar-refractivity contribution >= 4 is 17.1 Å². The van der Waals surface area contributed by atoms with Gasteiger partial charge in [-0.05, 0) is 6.42 Å². The van der Waals surface area contributed by atoms with E-state index in [2.05, 4.69) is 25.3 Å². The molecule has 80 valence electrons. The maximum atomic E-state index is 11.4. The molecular formula is C8H11N5O2. The quantitative estimate of drug-likeness (QED) is 0.505. The lowest BCUT2D eigenvalue weighted by Gasteiger charge is -2.02. The number of nitrogens with zero attached hydrogens (tertiary/aromatic N) is 2. The molecule has 0 saturated heterocycles. The number of hydrogen-bond acceptors (Lipinski definition) is 5. The molecule has 0 aromatic carbocycles. The monoisotopic (exact) mass is 209 g/mol. The summed E-state index contributed by atoms with van der Waals surface area (Å²) in [6.07, 6.45) is 2.02. The van der Waals surface area contributed by atoms with Crippen LogP contribution in [0.25, 0.3) is 11.2 Å². The van der Waals surface area contributed by atoms with E-state index in [1.807, 2.05) is 0 Å². The summed E-state index contributed by atoms with van der Waals surface area (Å²) in [6.45, 7) is 0.650. The van der Waals surface area contributed by atoms with Gasteiger partial charge in [-0.2, -0.15) is 4.98 Å². The first-order chi connectivity index (χ1) is 7.31. The summed E-state index contributed by atoms with van der Waals surface area (Å²) in [5.74, 6) is 0.369. The van der Waals surface area contributed by atoms with Crippen molar-refractivity contribution in [2.24, 2.45) is 0 Å². The SMILES string of the molecule is O=c1[nH]c(NCCCO)nc2nc[nH]c12. The fourth-order valence-electron chi connectivity index (χ4n) is 1.21. The van der Waals surface area contributed by atoms with Crippen LogP contribution in [0.5, 0.6) is 0 Å². The topological polar surface area (TPSA) is 107 Å². The van der Waals surface area contributed by atoms with E-state index in [0.29, 0.717) is 30.1 Å². The number of aromatic nitrogens is 4. The van der Waals surface area contributed by atoms with E-state index in [1.54, 1.807) is 0 Å². The first-order valence-electron chi connectivity index (χ1n) is 4.59. The zero-order valence-corrected chi connectivity index (χ0v) is 7.95. The van der Waals surface area contributed by atoms with Crippen molar-refractivity contribution in [1.29, 1.82) is 0 Å². The van der Waals surface area contributed by atoms with E-state index in [9.17, 15) is 4.79 Å². The standard InChI is InChI=1S/C8H11N5O2/c14-3-1-2-9-8-12-6-5(7(15)13-8)10-4-11-6/h4,14H,1-3H2,(H3,9,10,11,12,13,15). The molecule has 0 fully saturated rings. The Bertz CT molecular complexity index is 503. The van der Waals surface area contributed by atoms with E-state index in [4.69, 9.17) is 5.11 Å². The van der Waals surface area contributed by atoms with Gasteiger partial charge < -0.3 is 15.4 Å². The van der Waals surface area contributed by atoms with Crippen molar-refractivity contribution < 1.29 is 5.11 Å². The molecule has 2 heterocycles. The first kappa shape index (κ1) is 9.66. The van der Waals surface area contributed by atoms with Crippen molar-refractivity contribution in [2.75, 3.05) is 18.5 Å². The van der Waals surface area contributed by atoms with Gasteiger partial charge in [-0.25, -0.2) is 4.98 Å². The highest BCUT2D eigenvalue weighted by Gasteiger charge is 2.04. The highest BCUT2D eigenvalue weighted by molar-refractivity contribution is 5.69. The molecule has 0 aliphatic carbocycles. The minimum Gasteiger partial charge on any atom is -0.396 e. The van der Waals surface area contributed by atoms with E-state index >= 15 is 0 Å². The molecule has 0 unspecified atom stereocenters. The Morgan fingerprint density at radius 3 is 3.20 bits per heavy atom. The number of aliphatic hydroxyl groups excluding tert-OH is 1. The van der Waals surface area contributed by atoms with Crippen LogP contribution in [0.3, 0.4) is 0 Å². The molecular weight excluding hydrogens is 198 g/mol. The van der Waals surface area contributed by atoms with Gasteiger partial charge in [0.2, 0.25) is 5.95 Å². The molecule has 0 bridgehead atoms. The minimum absolute atomic E-state index is 0.0991. The van der Waals surface area contributed by atoms with Crippen molar-refractivity contribution in [3.8, 4) is 0 Å². The average molecular weight is 209 g/mol. The number of imidazole rings is 1. The molecule has 0 amide bonds. The third-order valence-electron chi connectivity index (χ3n) is 1.92. The molecule has 7 nitrogen and oxygen atoms in total. The molecule has 0 radical (unpaired) electrons. The van der Waals surface area contributed by atoms with Gasteiger partial charge in [-0.3, -0.25) is 9.78 Å². The van der Waals surface area contributed by atoms with E-state index in [1.165, 1.54) is 6.33 Å². The largest absolute Gasteiger partial charge is 0.396 e. The number of aliphatic hydroxyl groups is 1. The number of nitrogens with one attached hydrogen (secondary N) is 3. The number of rotatable bonds is 4. The normalized spacial score (nSPS) is 10.7. The van der Waals surface area contributed by atoms with Crippen LogP contribution in [0.15, 0.2) is 11.1 Å². The second-order valence-corrected chi connectivity index (χ2v) is 3.02. The number of aromatic amines is 2. The molecule has 4 N–H and O–H groups in total. The summed E-state index contributed by atoms with van der Waals surface area (Å²) in [5.41, 5.74) is 0.483.